The van der Waals surface area contributed by atoms with Crippen LogP contribution in [0.4, 0.5) is 0 Å². The Labute approximate surface area is 109 Å². The molecule has 0 aliphatic rings. The second-order valence-electron chi connectivity index (χ2n) is 3.76. The SMILES string of the molecule is Cc1ccc(Oc2cncc(Br)c2)c(CN)c1. The summed E-state index contributed by atoms with van der Waals surface area (Å²) < 4.78 is 6.65. The maximum absolute atomic E-state index is 5.76. The summed E-state index contributed by atoms with van der Waals surface area (Å²) in [5, 5.41) is 0. The van der Waals surface area contributed by atoms with Crippen molar-refractivity contribution in [3.63, 3.8) is 0 Å². The number of benzene rings is 1. The zero-order valence-electron chi connectivity index (χ0n) is 9.48. The number of ether oxygens (including phenoxy) is 1. The quantitative estimate of drug-likeness (QED) is 0.943. The lowest BCUT2D eigenvalue weighted by atomic mass is 10.1. The van der Waals surface area contributed by atoms with Crippen LogP contribution in [0.25, 0.3) is 0 Å². The van der Waals surface area contributed by atoms with Gasteiger partial charge in [-0.05, 0) is 35.0 Å². The molecule has 0 saturated carbocycles. The zero-order chi connectivity index (χ0) is 12.3. The molecule has 0 aliphatic heterocycles. The Kier molecular flexibility index (Phi) is 3.76. The molecule has 0 radical (unpaired) electrons. The lowest BCUT2D eigenvalue weighted by Crippen LogP contribution is -2.00. The fourth-order valence-electron chi connectivity index (χ4n) is 1.54. The number of aromatic nitrogens is 1. The van der Waals surface area contributed by atoms with Crippen LogP contribution in [0.15, 0.2) is 41.1 Å². The molecule has 4 heteroatoms. The molecule has 2 rings (SSSR count). The van der Waals surface area contributed by atoms with Gasteiger partial charge in [0.2, 0.25) is 0 Å². The van der Waals surface area contributed by atoms with Crippen LogP contribution in [0.1, 0.15) is 11.1 Å². The smallest absolute Gasteiger partial charge is 0.146 e. The molecule has 88 valence electrons. The monoisotopic (exact) mass is 292 g/mol. The molecule has 17 heavy (non-hydrogen) atoms. The number of aryl methyl sites for hydroxylation is 1. The molecule has 0 spiro atoms. The first-order valence-electron chi connectivity index (χ1n) is 5.27. The minimum Gasteiger partial charge on any atom is -0.455 e. The number of hydrogen-bond acceptors (Lipinski definition) is 3. The number of pyridine rings is 1. The van der Waals surface area contributed by atoms with E-state index in [1.54, 1.807) is 12.4 Å². The number of halogens is 1. The van der Waals surface area contributed by atoms with Gasteiger partial charge < -0.3 is 10.5 Å². The van der Waals surface area contributed by atoms with Crippen LogP contribution in [0.2, 0.25) is 0 Å². The summed E-state index contributed by atoms with van der Waals surface area (Å²) in [7, 11) is 0. The largest absolute Gasteiger partial charge is 0.455 e. The molecule has 0 fully saturated rings. The molecule has 2 N–H and O–H groups in total. The molecule has 0 aliphatic carbocycles. The maximum Gasteiger partial charge on any atom is 0.146 e. The highest BCUT2D eigenvalue weighted by Gasteiger charge is 2.04. The molecule has 1 aromatic carbocycles. The van der Waals surface area contributed by atoms with E-state index in [1.807, 2.05) is 31.2 Å². The summed E-state index contributed by atoms with van der Waals surface area (Å²) in [6.45, 7) is 2.49. The Morgan fingerprint density at radius 3 is 2.82 bits per heavy atom. The molecule has 0 saturated heterocycles. The van der Waals surface area contributed by atoms with E-state index in [-0.39, 0.29) is 0 Å². The third-order valence-corrected chi connectivity index (χ3v) is 2.78. The van der Waals surface area contributed by atoms with Crippen LogP contribution < -0.4 is 10.5 Å². The maximum atomic E-state index is 5.76. The molecular formula is C13H13BrN2O. The molecule has 3 nitrogen and oxygen atoms in total. The summed E-state index contributed by atoms with van der Waals surface area (Å²) in [5.74, 6) is 1.47. The Bertz CT molecular complexity index is 529. The zero-order valence-corrected chi connectivity index (χ0v) is 11.1. The van der Waals surface area contributed by atoms with Gasteiger partial charge in [-0.3, -0.25) is 4.98 Å². The summed E-state index contributed by atoms with van der Waals surface area (Å²) in [4.78, 5) is 4.05. The first-order valence-corrected chi connectivity index (χ1v) is 6.06. The fraction of sp³-hybridized carbons (Fsp3) is 0.154. The van der Waals surface area contributed by atoms with E-state index in [1.165, 1.54) is 5.56 Å². The average molecular weight is 293 g/mol. The van der Waals surface area contributed by atoms with Crippen molar-refractivity contribution in [1.82, 2.24) is 4.98 Å². The summed E-state index contributed by atoms with van der Waals surface area (Å²) in [6.07, 6.45) is 3.39. The van der Waals surface area contributed by atoms with Crippen LogP contribution in [0.3, 0.4) is 0 Å². The van der Waals surface area contributed by atoms with Gasteiger partial charge in [0.25, 0.3) is 0 Å². The predicted octanol–water partition coefficient (Wildman–Crippen LogP) is 3.40. The lowest BCUT2D eigenvalue weighted by Gasteiger charge is -2.10. The van der Waals surface area contributed by atoms with Crippen LogP contribution in [0, 0.1) is 6.92 Å². The standard InChI is InChI=1S/C13H13BrN2O/c1-9-2-3-13(10(4-9)6-15)17-12-5-11(14)7-16-8-12/h2-5,7-8H,6,15H2,1H3. The van der Waals surface area contributed by atoms with Gasteiger partial charge in [0, 0.05) is 22.8 Å². The first kappa shape index (κ1) is 12.1. The number of nitrogens with zero attached hydrogens (tertiary/aromatic N) is 1. The Morgan fingerprint density at radius 2 is 2.12 bits per heavy atom. The summed E-state index contributed by atoms with van der Waals surface area (Å²) in [5.41, 5.74) is 7.86. The normalized spacial score (nSPS) is 10.3. The minimum atomic E-state index is 0.457. The summed E-state index contributed by atoms with van der Waals surface area (Å²) in [6, 6.07) is 7.83. The van der Waals surface area contributed by atoms with Gasteiger partial charge in [-0.2, -0.15) is 0 Å². The molecule has 0 atom stereocenters. The third-order valence-electron chi connectivity index (χ3n) is 2.34. The molecule has 1 heterocycles. The highest BCUT2D eigenvalue weighted by atomic mass is 79.9. The fourth-order valence-corrected chi connectivity index (χ4v) is 1.89. The van der Waals surface area contributed by atoms with Crippen molar-refractivity contribution in [2.75, 3.05) is 0 Å². The minimum absolute atomic E-state index is 0.457. The van der Waals surface area contributed by atoms with Crippen LogP contribution in [-0.4, -0.2) is 4.98 Å². The van der Waals surface area contributed by atoms with Crippen molar-refractivity contribution in [3.8, 4) is 11.5 Å². The van der Waals surface area contributed by atoms with Crippen LogP contribution in [0.5, 0.6) is 11.5 Å². The van der Waals surface area contributed by atoms with Gasteiger partial charge in [0.15, 0.2) is 0 Å². The highest BCUT2D eigenvalue weighted by molar-refractivity contribution is 9.10. The van der Waals surface area contributed by atoms with Gasteiger partial charge in [-0.25, -0.2) is 0 Å². The van der Waals surface area contributed by atoms with Crippen molar-refractivity contribution in [3.05, 3.63) is 52.3 Å². The van der Waals surface area contributed by atoms with Gasteiger partial charge in [0.05, 0.1) is 6.20 Å². The molecule has 0 amide bonds. The van der Waals surface area contributed by atoms with Gasteiger partial charge in [-0.15, -0.1) is 0 Å². The van der Waals surface area contributed by atoms with E-state index >= 15 is 0 Å². The van der Waals surface area contributed by atoms with Crippen molar-refractivity contribution < 1.29 is 4.74 Å². The van der Waals surface area contributed by atoms with Crippen molar-refractivity contribution in [2.24, 2.45) is 5.73 Å². The number of hydrogen-bond donors (Lipinski definition) is 1. The van der Waals surface area contributed by atoms with Crippen molar-refractivity contribution in [1.29, 1.82) is 0 Å². The van der Waals surface area contributed by atoms with Crippen LogP contribution in [-0.2, 0) is 6.54 Å². The predicted molar refractivity (Wildman–Crippen MR) is 71.1 cm³/mol. The molecule has 2 aromatic rings. The molecule has 0 unspecified atom stereocenters. The molecule has 1 aromatic heterocycles. The topological polar surface area (TPSA) is 48.1 Å². The van der Waals surface area contributed by atoms with Crippen molar-refractivity contribution in [2.45, 2.75) is 13.5 Å². The van der Waals surface area contributed by atoms with E-state index < -0.39 is 0 Å². The van der Waals surface area contributed by atoms with Crippen LogP contribution >= 0.6 is 15.9 Å². The Balaban J connectivity index is 2.29. The second kappa shape index (κ2) is 5.29. The van der Waals surface area contributed by atoms with Gasteiger partial charge in [0.1, 0.15) is 11.5 Å². The Hall–Kier alpha value is -1.39. The lowest BCUT2D eigenvalue weighted by molar-refractivity contribution is 0.473. The third kappa shape index (κ3) is 3.05. The van der Waals surface area contributed by atoms with E-state index in [4.69, 9.17) is 10.5 Å². The average Bonchev–Trinajstić information content (AvgIpc) is 2.31. The highest BCUT2D eigenvalue weighted by Crippen LogP contribution is 2.27. The molecular weight excluding hydrogens is 280 g/mol. The van der Waals surface area contributed by atoms with Crippen molar-refractivity contribution >= 4 is 15.9 Å². The number of nitrogens with two attached hydrogens (primary N) is 1. The van der Waals surface area contributed by atoms with E-state index in [0.717, 1.165) is 15.8 Å². The molecule has 0 bridgehead atoms. The van der Waals surface area contributed by atoms with E-state index in [2.05, 4.69) is 20.9 Å². The van der Waals surface area contributed by atoms with Gasteiger partial charge >= 0.3 is 0 Å². The first-order chi connectivity index (χ1) is 8.19. The Morgan fingerprint density at radius 1 is 1.29 bits per heavy atom. The number of rotatable bonds is 3. The second-order valence-corrected chi connectivity index (χ2v) is 4.67. The summed E-state index contributed by atoms with van der Waals surface area (Å²) >= 11 is 3.36. The van der Waals surface area contributed by atoms with E-state index in [0.29, 0.717) is 12.3 Å². The van der Waals surface area contributed by atoms with Gasteiger partial charge in [-0.1, -0.05) is 17.7 Å². The van der Waals surface area contributed by atoms with E-state index in [9.17, 15) is 0 Å².